The summed E-state index contributed by atoms with van der Waals surface area (Å²) in [4.78, 5) is 11.7. The number of amides is 1. The molecule has 0 aliphatic heterocycles. The number of benzene rings is 1. The first-order valence-corrected chi connectivity index (χ1v) is 6.72. The average Bonchev–Trinajstić information content (AvgIpc) is 2.34. The molecule has 0 saturated heterocycles. The lowest BCUT2D eigenvalue weighted by atomic mass is 10.1. The van der Waals surface area contributed by atoms with E-state index in [0.717, 1.165) is 19.5 Å². The van der Waals surface area contributed by atoms with Crippen molar-refractivity contribution in [2.75, 3.05) is 19.6 Å². The lowest BCUT2D eigenvalue weighted by Gasteiger charge is -2.08. The molecule has 0 fully saturated rings. The molecule has 3 nitrogen and oxygen atoms in total. The summed E-state index contributed by atoms with van der Waals surface area (Å²) < 4.78 is 0. The van der Waals surface area contributed by atoms with Crippen LogP contribution in [0.3, 0.4) is 0 Å². The molecule has 0 bridgehead atoms. The van der Waals surface area contributed by atoms with Gasteiger partial charge in [0.15, 0.2) is 0 Å². The van der Waals surface area contributed by atoms with Crippen LogP contribution in [0.4, 0.5) is 0 Å². The Balaban J connectivity index is 2.16. The summed E-state index contributed by atoms with van der Waals surface area (Å²) in [5.74, 6) is 0.651. The van der Waals surface area contributed by atoms with Gasteiger partial charge < -0.3 is 10.6 Å². The van der Waals surface area contributed by atoms with Gasteiger partial charge in [-0.05, 0) is 43.1 Å². The van der Waals surface area contributed by atoms with E-state index in [0.29, 0.717) is 23.0 Å². The Morgan fingerprint density at radius 1 is 1.17 bits per heavy atom. The number of nitrogens with one attached hydrogen (secondary N) is 2. The molecule has 1 aromatic carbocycles. The minimum absolute atomic E-state index is 0.0580. The molecule has 0 spiro atoms. The topological polar surface area (TPSA) is 41.1 Å². The van der Waals surface area contributed by atoms with Gasteiger partial charge in [0, 0.05) is 23.7 Å². The Labute approximate surface area is 114 Å². The van der Waals surface area contributed by atoms with E-state index in [1.807, 2.05) is 0 Å². The highest BCUT2D eigenvalue weighted by Crippen LogP contribution is 2.09. The van der Waals surface area contributed by atoms with Crippen LogP contribution in [0.1, 0.15) is 30.6 Å². The normalized spacial score (nSPS) is 10.7. The molecule has 18 heavy (non-hydrogen) atoms. The first kappa shape index (κ1) is 15.0. The Morgan fingerprint density at radius 2 is 1.83 bits per heavy atom. The fourth-order valence-electron chi connectivity index (χ4n) is 1.48. The fraction of sp³-hybridized carbons (Fsp3) is 0.500. The van der Waals surface area contributed by atoms with Gasteiger partial charge in [-0.2, -0.15) is 0 Å². The number of hydrogen-bond acceptors (Lipinski definition) is 2. The number of rotatable bonds is 7. The molecule has 0 heterocycles. The van der Waals surface area contributed by atoms with Crippen molar-refractivity contribution in [3.8, 4) is 0 Å². The molecule has 0 radical (unpaired) electrons. The highest BCUT2D eigenvalue weighted by Gasteiger charge is 2.03. The summed E-state index contributed by atoms with van der Waals surface area (Å²) in [6.07, 6.45) is 1.16. The standard InChI is InChI=1S/C14H21ClN2O/c1-11(2)7-8-16-9-10-17-14(18)12-3-5-13(15)6-4-12/h3-6,11,16H,7-10H2,1-2H3,(H,17,18). The second-order valence-corrected chi connectivity index (χ2v) is 5.13. The molecule has 1 aromatic rings. The van der Waals surface area contributed by atoms with Gasteiger partial charge in [-0.1, -0.05) is 25.4 Å². The van der Waals surface area contributed by atoms with Crippen molar-refractivity contribution < 1.29 is 4.79 Å². The summed E-state index contributed by atoms with van der Waals surface area (Å²) in [5, 5.41) is 6.80. The van der Waals surface area contributed by atoms with Gasteiger partial charge in [0.25, 0.3) is 5.91 Å². The Bertz CT molecular complexity index is 363. The second kappa shape index (κ2) is 8.11. The predicted octanol–water partition coefficient (Wildman–Crippen LogP) is 2.71. The number of carbonyl (C=O) groups excluding carboxylic acids is 1. The average molecular weight is 269 g/mol. The minimum Gasteiger partial charge on any atom is -0.351 e. The molecule has 100 valence electrons. The SMILES string of the molecule is CC(C)CCNCCNC(=O)c1ccc(Cl)cc1. The molecular weight excluding hydrogens is 248 g/mol. The van der Waals surface area contributed by atoms with Crippen molar-refractivity contribution in [1.29, 1.82) is 0 Å². The summed E-state index contributed by atoms with van der Waals surface area (Å²) in [6, 6.07) is 6.89. The maximum atomic E-state index is 11.7. The van der Waals surface area contributed by atoms with E-state index in [2.05, 4.69) is 24.5 Å². The predicted molar refractivity (Wildman–Crippen MR) is 76.1 cm³/mol. The highest BCUT2D eigenvalue weighted by atomic mass is 35.5. The summed E-state index contributed by atoms with van der Waals surface area (Å²) >= 11 is 5.76. The molecule has 1 amide bonds. The van der Waals surface area contributed by atoms with Crippen LogP contribution in [0.5, 0.6) is 0 Å². The van der Waals surface area contributed by atoms with Gasteiger partial charge in [0.1, 0.15) is 0 Å². The highest BCUT2D eigenvalue weighted by molar-refractivity contribution is 6.30. The van der Waals surface area contributed by atoms with E-state index >= 15 is 0 Å². The van der Waals surface area contributed by atoms with E-state index in [4.69, 9.17) is 11.6 Å². The van der Waals surface area contributed by atoms with Crippen molar-refractivity contribution in [3.05, 3.63) is 34.9 Å². The Morgan fingerprint density at radius 3 is 2.44 bits per heavy atom. The van der Waals surface area contributed by atoms with Crippen LogP contribution in [0, 0.1) is 5.92 Å². The Kier molecular flexibility index (Phi) is 6.76. The second-order valence-electron chi connectivity index (χ2n) is 4.70. The van der Waals surface area contributed by atoms with Gasteiger partial charge in [0.2, 0.25) is 0 Å². The van der Waals surface area contributed by atoms with Crippen LogP contribution in [-0.4, -0.2) is 25.5 Å². The van der Waals surface area contributed by atoms with E-state index in [1.165, 1.54) is 0 Å². The van der Waals surface area contributed by atoms with Crippen LogP contribution in [-0.2, 0) is 0 Å². The van der Waals surface area contributed by atoms with Gasteiger partial charge in [0.05, 0.1) is 0 Å². The molecule has 0 aliphatic rings. The van der Waals surface area contributed by atoms with Gasteiger partial charge in [-0.25, -0.2) is 0 Å². The lowest BCUT2D eigenvalue weighted by Crippen LogP contribution is -2.32. The van der Waals surface area contributed by atoms with E-state index in [9.17, 15) is 4.79 Å². The van der Waals surface area contributed by atoms with Gasteiger partial charge in [-0.15, -0.1) is 0 Å². The number of carbonyl (C=O) groups is 1. The maximum Gasteiger partial charge on any atom is 0.251 e. The van der Waals surface area contributed by atoms with Crippen LogP contribution < -0.4 is 10.6 Å². The van der Waals surface area contributed by atoms with Gasteiger partial charge in [-0.3, -0.25) is 4.79 Å². The number of halogens is 1. The third-order valence-electron chi connectivity index (χ3n) is 2.59. The third-order valence-corrected chi connectivity index (χ3v) is 2.84. The summed E-state index contributed by atoms with van der Waals surface area (Å²) in [6.45, 7) is 6.83. The quantitative estimate of drug-likeness (QED) is 0.747. The first-order valence-electron chi connectivity index (χ1n) is 6.34. The third kappa shape index (κ3) is 6.03. The van der Waals surface area contributed by atoms with Crippen molar-refractivity contribution in [2.45, 2.75) is 20.3 Å². The molecule has 0 atom stereocenters. The van der Waals surface area contributed by atoms with E-state index in [1.54, 1.807) is 24.3 Å². The summed E-state index contributed by atoms with van der Waals surface area (Å²) in [5.41, 5.74) is 0.640. The van der Waals surface area contributed by atoms with Gasteiger partial charge >= 0.3 is 0 Å². The lowest BCUT2D eigenvalue weighted by molar-refractivity contribution is 0.0954. The summed E-state index contributed by atoms with van der Waals surface area (Å²) in [7, 11) is 0. The van der Waals surface area contributed by atoms with E-state index < -0.39 is 0 Å². The van der Waals surface area contributed by atoms with Crippen molar-refractivity contribution >= 4 is 17.5 Å². The number of hydrogen-bond donors (Lipinski definition) is 2. The molecule has 0 aromatic heterocycles. The Hall–Kier alpha value is -1.06. The maximum absolute atomic E-state index is 11.7. The van der Waals surface area contributed by atoms with E-state index in [-0.39, 0.29) is 5.91 Å². The van der Waals surface area contributed by atoms with Crippen LogP contribution >= 0.6 is 11.6 Å². The van der Waals surface area contributed by atoms with Crippen molar-refractivity contribution in [1.82, 2.24) is 10.6 Å². The molecule has 0 aliphatic carbocycles. The smallest absolute Gasteiger partial charge is 0.251 e. The molecule has 1 rings (SSSR count). The molecule has 4 heteroatoms. The van der Waals surface area contributed by atoms with Crippen molar-refractivity contribution in [3.63, 3.8) is 0 Å². The molecule has 2 N–H and O–H groups in total. The van der Waals surface area contributed by atoms with Crippen LogP contribution in [0.25, 0.3) is 0 Å². The minimum atomic E-state index is -0.0580. The van der Waals surface area contributed by atoms with Crippen LogP contribution in [0.15, 0.2) is 24.3 Å². The molecule has 0 saturated carbocycles. The zero-order chi connectivity index (χ0) is 13.4. The molecule has 0 unspecified atom stereocenters. The molecular formula is C14H21ClN2O. The van der Waals surface area contributed by atoms with Crippen LogP contribution in [0.2, 0.25) is 5.02 Å². The fourth-order valence-corrected chi connectivity index (χ4v) is 1.61. The largest absolute Gasteiger partial charge is 0.351 e. The van der Waals surface area contributed by atoms with Crippen molar-refractivity contribution in [2.24, 2.45) is 5.92 Å². The monoisotopic (exact) mass is 268 g/mol. The zero-order valence-corrected chi connectivity index (χ0v) is 11.8. The zero-order valence-electron chi connectivity index (χ0n) is 11.0. The first-order chi connectivity index (χ1) is 8.59.